The fraction of sp³-hybridized carbons (Fsp3) is 0.333. The summed E-state index contributed by atoms with van der Waals surface area (Å²) in [4.78, 5) is 28.2. The van der Waals surface area contributed by atoms with E-state index in [0.29, 0.717) is 28.6 Å². The Morgan fingerprint density at radius 1 is 0.864 bits per heavy atom. The topological polar surface area (TPSA) is 124 Å². The molecular formula is C30H35Cl2N3O8S. The first-order chi connectivity index (χ1) is 20.9. The number of ether oxygens (including phenoxy) is 4. The van der Waals surface area contributed by atoms with Crippen molar-refractivity contribution >= 4 is 50.7 Å². The SMILES string of the molecule is CCNC(=O)[C@H](C)N(Cc1ccc(Cl)cc1Cl)C(=O)CN(c1cc(OC)ccc1OC)S(=O)(=O)c1ccc(OC)c(OC)c1. The molecule has 3 rings (SSSR count). The Labute approximate surface area is 267 Å². The third-order valence-electron chi connectivity index (χ3n) is 6.75. The molecule has 2 amide bonds. The summed E-state index contributed by atoms with van der Waals surface area (Å²) < 4.78 is 51.0. The molecule has 44 heavy (non-hydrogen) atoms. The molecule has 3 aromatic carbocycles. The maximum Gasteiger partial charge on any atom is 0.265 e. The highest BCUT2D eigenvalue weighted by atomic mass is 35.5. The molecule has 0 bridgehead atoms. The van der Waals surface area contributed by atoms with Gasteiger partial charge in [-0.25, -0.2) is 8.42 Å². The predicted molar refractivity (Wildman–Crippen MR) is 169 cm³/mol. The molecular weight excluding hydrogens is 633 g/mol. The van der Waals surface area contributed by atoms with Crippen LogP contribution in [-0.2, 0) is 26.2 Å². The lowest BCUT2D eigenvalue weighted by atomic mass is 10.1. The number of nitrogens with one attached hydrogen (secondary N) is 1. The molecule has 3 aromatic rings. The van der Waals surface area contributed by atoms with Crippen LogP contribution in [0.2, 0.25) is 10.0 Å². The van der Waals surface area contributed by atoms with Gasteiger partial charge < -0.3 is 29.2 Å². The fourth-order valence-corrected chi connectivity index (χ4v) is 6.25. The zero-order valence-electron chi connectivity index (χ0n) is 25.2. The normalized spacial score (nSPS) is 11.7. The van der Waals surface area contributed by atoms with Crippen molar-refractivity contribution in [3.8, 4) is 23.0 Å². The summed E-state index contributed by atoms with van der Waals surface area (Å²) >= 11 is 12.5. The molecule has 0 aliphatic heterocycles. The molecule has 14 heteroatoms. The van der Waals surface area contributed by atoms with Crippen LogP contribution in [0, 0.1) is 0 Å². The number of amides is 2. The second-order valence-corrected chi connectivity index (χ2v) is 12.1. The molecule has 0 unspecified atom stereocenters. The van der Waals surface area contributed by atoms with E-state index in [1.807, 2.05) is 0 Å². The van der Waals surface area contributed by atoms with E-state index in [4.69, 9.17) is 42.1 Å². The van der Waals surface area contributed by atoms with Crippen LogP contribution in [0.25, 0.3) is 0 Å². The van der Waals surface area contributed by atoms with Crippen molar-refractivity contribution in [3.05, 3.63) is 70.2 Å². The van der Waals surface area contributed by atoms with E-state index in [1.54, 1.807) is 32.0 Å². The number of sulfonamides is 1. The van der Waals surface area contributed by atoms with Gasteiger partial charge in [-0.1, -0.05) is 29.3 Å². The molecule has 0 aliphatic carbocycles. The first-order valence-electron chi connectivity index (χ1n) is 13.4. The van der Waals surface area contributed by atoms with E-state index in [2.05, 4.69) is 5.32 Å². The highest BCUT2D eigenvalue weighted by Crippen LogP contribution is 2.38. The summed E-state index contributed by atoms with van der Waals surface area (Å²) in [6.07, 6.45) is 0. The quantitative estimate of drug-likeness (QED) is 0.261. The standard InChI is InChI=1S/C30H35Cl2N3O8S/c1-7-33-30(37)19(2)34(17-20-8-9-21(31)14-24(20)32)29(36)18-35(25-15-22(40-3)10-12-26(25)41-4)44(38,39)23-11-13-27(42-5)28(16-23)43-6/h8-16,19H,7,17-18H2,1-6H3,(H,33,37)/t19-/m0/s1. The minimum atomic E-state index is -4.47. The fourth-order valence-electron chi connectivity index (χ4n) is 4.35. The van der Waals surface area contributed by atoms with Crippen molar-refractivity contribution in [2.24, 2.45) is 0 Å². The van der Waals surface area contributed by atoms with E-state index in [-0.39, 0.29) is 33.6 Å². The Balaban J connectivity index is 2.19. The molecule has 0 fully saturated rings. The number of carbonyl (C=O) groups excluding carboxylic acids is 2. The number of anilines is 1. The number of hydrogen-bond acceptors (Lipinski definition) is 8. The van der Waals surface area contributed by atoms with E-state index in [9.17, 15) is 18.0 Å². The average Bonchev–Trinajstić information content (AvgIpc) is 3.02. The van der Waals surface area contributed by atoms with Crippen molar-refractivity contribution in [2.75, 3.05) is 45.8 Å². The van der Waals surface area contributed by atoms with E-state index in [0.717, 1.165) is 4.31 Å². The molecule has 0 spiro atoms. The maximum absolute atomic E-state index is 14.3. The Morgan fingerprint density at radius 2 is 1.52 bits per heavy atom. The summed E-state index contributed by atoms with van der Waals surface area (Å²) in [5, 5.41) is 3.38. The molecule has 238 valence electrons. The Morgan fingerprint density at radius 3 is 2.11 bits per heavy atom. The number of likely N-dealkylation sites (N-methyl/N-ethyl adjacent to an activating group) is 1. The first kappa shape index (κ1) is 34.6. The van der Waals surface area contributed by atoms with Gasteiger partial charge in [0.25, 0.3) is 10.0 Å². The number of benzene rings is 3. The first-order valence-corrected chi connectivity index (χ1v) is 15.6. The molecule has 0 aromatic heterocycles. The minimum absolute atomic E-state index is 0.0325. The van der Waals surface area contributed by atoms with Crippen LogP contribution in [0.1, 0.15) is 19.4 Å². The third-order valence-corrected chi connectivity index (χ3v) is 9.09. The molecule has 0 heterocycles. The van der Waals surface area contributed by atoms with Crippen molar-refractivity contribution in [1.29, 1.82) is 0 Å². The minimum Gasteiger partial charge on any atom is -0.497 e. The van der Waals surface area contributed by atoms with Crippen LogP contribution in [0.15, 0.2) is 59.5 Å². The second kappa shape index (κ2) is 15.2. The average molecular weight is 669 g/mol. The van der Waals surface area contributed by atoms with Crippen molar-refractivity contribution < 1.29 is 37.0 Å². The largest absolute Gasteiger partial charge is 0.497 e. The van der Waals surface area contributed by atoms with E-state index >= 15 is 0 Å². The Hall–Kier alpha value is -3.87. The second-order valence-electron chi connectivity index (χ2n) is 9.39. The summed E-state index contributed by atoms with van der Waals surface area (Å²) in [7, 11) is 1.14. The van der Waals surface area contributed by atoms with Crippen LogP contribution >= 0.6 is 23.2 Å². The molecule has 1 atom stereocenters. The monoisotopic (exact) mass is 667 g/mol. The lowest BCUT2D eigenvalue weighted by Gasteiger charge is -2.32. The van der Waals surface area contributed by atoms with Crippen molar-refractivity contribution in [2.45, 2.75) is 31.3 Å². The number of rotatable bonds is 14. The molecule has 0 saturated heterocycles. The lowest BCUT2D eigenvalue weighted by Crippen LogP contribution is -2.51. The summed E-state index contributed by atoms with van der Waals surface area (Å²) in [5.41, 5.74) is 0.541. The van der Waals surface area contributed by atoms with Gasteiger partial charge in [0, 0.05) is 35.3 Å². The van der Waals surface area contributed by atoms with Gasteiger partial charge in [0.1, 0.15) is 24.1 Å². The number of hydrogen-bond donors (Lipinski definition) is 1. The van der Waals surface area contributed by atoms with Crippen LogP contribution in [0.5, 0.6) is 23.0 Å². The van der Waals surface area contributed by atoms with E-state index < -0.39 is 34.4 Å². The number of nitrogens with zero attached hydrogens (tertiary/aromatic N) is 2. The van der Waals surface area contributed by atoms with Gasteiger partial charge in [0.2, 0.25) is 11.8 Å². The number of methoxy groups -OCH3 is 4. The van der Waals surface area contributed by atoms with Gasteiger partial charge in [-0.2, -0.15) is 0 Å². The zero-order chi connectivity index (χ0) is 32.6. The highest BCUT2D eigenvalue weighted by molar-refractivity contribution is 7.92. The number of halogens is 2. The molecule has 0 radical (unpaired) electrons. The highest BCUT2D eigenvalue weighted by Gasteiger charge is 2.34. The Kier molecular flexibility index (Phi) is 12.0. The molecule has 0 aliphatic rings. The van der Waals surface area contributed by atoms with Crippen LogP contribution < -0.4 is 28.6 Å². The van der Waals surface area contributed by atoms with Crippen LogP contribution in [0.3, 0.4) is 0 Å². The zero-order valence-corrected chi connectivity index (χ0v) is 27.5. The molecule has 0 saturated carbocycles. The van der Waals surface area contributed by atoms with Gasteiger partial charge in [-0.15, -0.1) is 0 Å². The van der Waals surface area contributed by atoms with Gasteiger partial charge in [0.15, 0.2) is 11.5 Å². The summed E-state index contributed by atoms with van der Waals surface area (Å²) in [6.45, 7) is 2.81. The smallest absolute Gasteiger partial charge is 0.265 e. The summed E-state index contributed by atoms with van der Waals surface area (Å²) in [5.74, 6) is -0.160. The van der Waals surface area contributed by atoms with Gasteiger partial charge >= 0.3 is 0 Å². The van der Waals surface area contributed by atoms with Crippen LogP contribution in [-0.4, -0.2) is 72.7 Å². The van der Waals surface area contributed by atoms with Crippen molar-refractivity contribution in [3.63, 3.8) is 0 Å². The Bertz CT molecular complexity index is 1600. The molecule has 1 N–H and O–H groups in total. The predicted octanol–water partition coefficient (Wildman–Crippen LogP) is 4.78. The van der Waals surface area contributed by atoms with Gasteiger partial charge in [-0.3, -0.25) is 13.9 Å². The lowest BCUT2D eigenvalue weighted by molar-refractivity contribution is -0.139. The van der Waals surface area contributed by atoms with Gasteiger partial charge in [0.05, 0.1) is 39.0 Å². The van der Waals surface area contributed by atoms with Crippen LogP contribution in [0.4, 0.5) is 5.69 Å². The van der Waals surface area contributed by atoms with Crippen molar-refractivity contribution in [1.82, 2.24) is 10.2 Å². The molecule has 11 nitrogen and oxygen atoms in total. The van der Waals surface area contributed by atoms with Gasteiger partial charge in [-0.05, 0) is 55.8 Å². The third kappa shape index (κ3) is 7.79. The maximum atomic E-state index is 14.3. The number of carbonyl (C=O) groups is 2. The van der Waals surface area contributed by atoms with E-state index in [1.165, 1.54) is 69.7 Å². The summed E-state index contributed by atoms with van der Waals surface area (Å²) in [6, 6.07) is 12.4.